The third-order valence-electron chi connectivity index (χ3n) is 2.57. The van der Waals surface area contributed by atoms with Gasteiger partial charge in [-0.05, 0) is 67.8 Å². The summed E-state index contributed by atoms with van der Waals surface area (Å²) in [5.41, 5.74) is 1.73. The van der Waals surface area contributed by atoms with Crippen molar-refractivity contribution in [1.82, 2.24) is 0 Å². The lowest BCUT2D eigenvalue weighted by Crippen LogP contribution is -2.01. The zero-order valence-corrected chi connectivity index (χ0v) is 12.9. The van der Waals surface area contributed by atoms with Gasteiger partial charge in [0.1, 0.15) is 5.82 Å². The van der Waals surface area contributed by atoms with Crippen molar-refractivity contribution in [2.24, 2.45) is 0 Å². The van der Waals surface area contributed by atoms with Crippen LogP contribution in [0.15, 0.2) is 45.3 Å². The first-order chi connectivity index (χ1) is 9.10. The molecule has 0 atom stereocenters. The summed E-state index contributed by atoms with van der Waals surface area (Å²) in [7, 11) is 0. The minimum Gasteiger partial charge on any atom is -0.379 e. The Hall–Kier alpha value is -1.38. The Kier molecular flexibility index (Phi) is 4.56. The van der Waals surface area contributed by atoms with Crippen molar-refractivity contribution in [1.29, 1.82) is 5.26 Å². The molecule has 1 N–H and O–H groups in total. The largest absolute Gasteiger partial charge is 0.379 e. The van der Waals surface area contributed by atoms with E-state index in [1.54, 1.807) is 12.1 Å². The lowest BCUT2D eigenvalue weighted by atomic mass is 10.2. The van der Waals surface area contributed by atoms with Crippen LogP contribution in [-0.4, -0.2) is 0 Å². The summed E-state index contributed by atoms with van der Waals surface area (Å²) in [5, 5.41) is 11.7. The first-order valence-electron chi connectivity index (χ1n) is 5.47. The molecule has 0 aliphatic carbocycles. The van der Waals surface area contributed by atoms with Crippen LogP contribution in [0.25, 0.3) is 0 Å². The molecular formula is C14H9Br2FN2. The highest BCUT2D eigenvalue weighted by Crippen LogP contribution is 2.24. The fourth-order valence-corrected chi connectivity index (χ4v) is 2.25. The van der Waals surface area contributed by atoms with Gasteiger partial charge in [0, 0.05) is 15.5 Å². The van der Waals surface area contributed by atoms with Crippen LogP contribution in [-0.2, 0) is 6.54 Å². The Labute approximate surface area is 127 Å². The number of hydrogen-bond donors (Lipinski definition) is 1. The van der Waals surface area contributed by atoms with Gasteiger partial charge in [-0.2, -0.15) is 5.26 Å². The number of anilines is 1. The molecule has 2 rings (SSSR count). The average molecular weight is 384 g/mol. The summed E-state index contributed by atoms with van der Waals surface area (Å²) in [6, 6.07) is 12.1. The van der Waals surface area contributed by atoms with Gasteiger partial charge in [0.05, 0.1) is 17.3 Å². The van der Waals surface area contributed by atoms with Gasteiger partial charge in [0.25, 0.3) is 0 Å². The quantitative estimate of drug-likeness (QED) is 0.823. The molecule has 0 aliphatic rings. The normalized spacial score (nSPS) is 10.0. The second-order valence-electron chi connectivity index (χ2n) is 3.91. The Morgan fingerprint density at radius 3 is 2.53 bits per heavy atom. The minimum absolute atomic E-state index is 0.314. The first-order valence-corrected chi connectivity index (χ1v) is 7.06. The SMILES string of the molecule is N#Cc1ccc(NCc2ccc(Br)c(Br)c2)c(F)c1. The predicted octanol–water partition coefficient (Wildman–Crippen LogP) is 4.83. The lowest BCUT2D eigenvalue weighted by molar-refractivity contribution is 0.629. The van der Waals surface area contributed by atoms with Crippen molar-refractivity contribution in [2.75, 3.05) is 5.32 Å². The Morgan fingerprint density at radius 2 is 1.89 bits per heavy atom. The number of nitrogens with zero attached hydrogens (tertiary/aromatic N) is 1. The molecule has 2 aromatic rings. The number of rotatable bonds is 3. The van der Waals surface area contributed by atoms with Crippen molar-refractivity contribution in [2.45, 2.75) is 6.54 Å². The summed E-state index contributed by atoms with van der Waals surface area (Å²) in [4.78, 5) is 0. The topological polar surface area (TPSA) is 35.8 Å². The van der Waals surface area contributed by atoms with Crippen LogP contribution >= 0.6 is 31.9 Å². The maximum Gasteiger partial charge on any atom is 0.147 e. The van der Waals surface area contributed by atoms with E-state index in [1.807, 2.05) is 24.3 Å². The molecule has 2 aromatic carbocycles. The molecule has 0 saturated heterocycles. The Bertz CT molecular complexity index is 650. The van der Waals surface area contributed by atoms with E-state index in [4.69, 9.17) is 5.26 Å². The van der Waals surface area contributed by atoms with E-state index in [9.17, 15) is 4.39 Å². The van der Waals surface area contributed by atoms with Gasteiger partial charge in [-0.3, -0.25) is 0 Å². The molecule has 0 radical (unpaired) electrons. The summed E-state index contributed by atoms with van der Waals surface area (Å²) in [5.74, 6) is -0.421. The lowest BCUT2D eigenvalue weighted by Gasteiger charge is -2.08. The standard InChI is InChI=1S/C14H9Br2FN2/c15-11-3-1-10(5-12(11)16)8-19-14-4-2-9(7-18)6-13(14)17/h1-6,19H,8H2. The molecular weight excluding hydrogens is 375 g/mol. The predicted molar refractivity (Wildman–Crippen MR) is 80.3 cm³/mol. The zero-order valence-electron chi connectivity index (χ0n) is 9.75. The third kappa shape index (κ3) is 3.55. The van der Waals surface area contributed by atoms with E-state index in [1.165, 1.54) is 6.07 Å². The molecule has 5 heteroatoms. The van der Waals surface area contributed by atoms with Gasteiger partial charge < -0.3 is 5.32 Å². The molecule has 0 aliphatic heterocycles. The van der Waals surface area contributed by atoms with E-state index in [-0.39, 0.29) is 0 Å². The van der Waals surface area contributed by atoms with Crippen molar-refractivity contribution in [3.05, 3.63) is 62.3 Å². The maximum atomic E-state index is 13.7. The Morgan fingerprint density at radius 1 is 1.11 bits per heavy atom. The highest BCUT2D eigenvalue weighted by Gasteiger charge is 2.04. The maximum absolute atomic E-state index is 13.7. The smallest absolute Gasteiger partial charge is 0.147 e. The summed E-state index contributed by atoms with van der Waals surface area (Å²) in [6.45, 7) is 0.509. The average Bonchev–Trinajstić information content (AvgIpc) is 2.41. The van der Waals surface area contributed by atoms with Gasteiger partial charge in [-0.1, -0.05) is 6.07 Å². The van der Waals surface area contributed by atoms with Crippen LogP contribution in [0.5, 0.6) is 0 Å². The van der Waals surface area contributed by atoms with Gasteiger partial charge in [0.15, 0.2) is 0 Å². The molecule has 0 bridgehead atoms. The second kappa shape index (κ2) is 6.18. The van der Waals surface area contributed by atoms with Crippen LogP contribution in [0, 0.1) is 17.1 Å². The zero-order chi connectivity index (χ0) is 13.8. The number of nitrogens with one attached hydrogen (secondary N) is 1. The van der Waals surface area contributed by atoms with Gasteiger partial charge >= 0.3 is 0 Å². The van der Waals surface area contributed by atoms with Gasteiger partial charge in [0.2, 0.25) is 0 Å². The van der Waals surface area contributed by atoms with Gasteiger partial charge in [-0.25, -0.2) is 4.39 Å². The van der Waals surface area contributed by atoms with Crippen LogP contribution in [0.1, 0.15) is 11.1 Å². The monoisotopic (exact) mass is 382 g/mol. The van der Waals surface area contributed by atoms with E-state index >= 15 is 0 Å². The third-order valence-corrected chi connectivity index (χ3v) is 4.44. The van der Waals surface area contributed by atoms with Crippen LogP contribution < -0.4 is 5.32 Å². The molecule has 0 spiro atoms. The van der Waals surface area contributed by atoms with E-state index < -0.39 is 5.82 Å². The fraction of sp³-hybridized carbons (Fsp3) is 0.0714. The highest BCUT2D eigenvalue weighted by atomic mass is 79.9. The van der Waals surface area contributed by atoms with Crippen molar-refractivity contribution >= 4 is 37.5 Å². The molecule has 2 nitrogen and oxygen atoms in total. The number of nitriles is 1. The molecule has 0 unspecified atom stereocenters. The molecule has 0 amide bonds. The number of halogens is 3. The Balaban J connectivity index is 2.10. The van der Waals surface area contributed by atoms with Crippen molar-refractivity contribution in [3.8, 4) is 6.07 Å². The molecule has 19 heavy (non-hydrogen) atoms. The van der Waals surface area contributed by atoms with Gasteiger partial charge in [-0.15, -0.1) is 0 Å². The number of benzene rings is 2. The summed E-state index contributed by atoms with van der Waals surface area (Å²) in [6.07, 6.45) is 0. The van der Waals surface area contributed by atoms with Crippen LogP contribution in [0.4, 0.5) is 10.1 Å². The minimum atomic E-state index is -0.421. The molecule has 0 fully saturated rings. The molecule has 96 valence electrons. The van der Waals surface area contributed by atoms with E-state index in [0.29, 0.717) is 17.8 Å². The fourth-order valence-electron chi connectivity index (χ4n) is 1.57. The first kappa shape index (κ1) is 14.0. The summed E-state index contributed by atoms with van der Waals surface area (Å²) < 4.78 is 15.6. The van der Waals surface area contributed by atoms with Crippen LogP contribution in [0.2, 0.25) is 0 Å². The summed E-state index contributed by atoms with van der Waals surface area (Å²) >= 11 is 6.82. The van der Waals surface area contributed by atoms with Crippen molar-refractivity contribution < 1.29 is 4.39 Å². The van der Waals surface area contributed by atoms with Crippen molar-refractivity contribution in [3.63, 3.8) is 0 Å². The van der Waals surface area contributed by atoms with E-state index in [0.717, 1.165) is 14.5 Å². The van der Waals surface area contributed by atoms with E-state index in [2.05, 4.69) is 37.2 Å². The highest BCUT2D eigenvalue weighted by molar-refractivity contribution is 9.13. The second-order valence-corrected chi connectivity index (χ2v) is 5.62. The molecule has 0 aromatic heterocycles. The number of hydrogen-bond acceptors (Lipinski definition) is 2. The molecule has 0 heterocycles. The van der Waals surface area contributed by atoms with Crippen LogP contribution in [0.3, 0.4) is 0 Å². The molecule has 0 saturated carbocycles.